The first-order valence-corrected chi connectivity index (χ1v) is 10.0. The standard InChI is InChI=1S/C23H30N2O2/c1-17-8-9-19(27-17)16-25-12-10-23(11-13-25)15-18(14-22(26)24(2)3)20-6-4-5-7-21(20)23/h4-9,18H,10-16H2,1-3H3. The molecule has 4 nitrogen and oxygen atoms in total. The Hall–Kier alpha value is -2.07. The van der Waals surface area contributed by atoms with Gasteiger partial charge in [-0.25, -0.2) is 0 Å². The van der Waals surface area contributed by atoms with Crippen LogP contribution in [0.15, 0.2) is 40.8 Å². The number of fused-ring (bicyclic) bond motifs is 2. The van der Waals surface area contributed by atoms with Gasteiger partial charge in [0.1, 0.15) is 11.5 Å². The molecule has 1 amide bonds. The van der Waals surface area contributed by atoms with Crippen molar-refractivity contribution in [1.29, 1.82) is 0 Å². The lowest BCUT2D eigenvalue weighted by molar-refractivity contribution is -0.129. The van der Waals surface area contributed by atoms with Gasteiger partial charge < -0.3 is 9.32 Å². The van der Waals surface area contributed by atoms with Gasteiger partial charge in [0.15, 0.2) is 0 Å². The third-order valence-corrected chi connectivity index (χ3v) is 6.52. The summed E-state index contributed by atoms with van der Waals surface area (Å²) >= 11 is 0. The van der Waals surface area contributed by atoms with Gasteiger partial charge in [-0.2, -0.15) is 0 Å². The van der Waals surface area contributed by atoms with Crippen LogP contribution in [0.5, 0.6) is 0 Å². The molecule has 1 aliphatic carbocycles. The summed E-state index contributed by atoms with van der Waals surface area (Å²) in [6.45, 7) is 5.07. The van der Waals surface area contributed by atoms with Gasteiger partial charge in [-0.05, 0) is 73.9 Å². The van der Waals surface area contributed by atoms with Crippen LogP contribution in [0.3, 0.4) is 0 Å². The Morgan fingerprint density at radius 3 is 2.59 bits per heavy atom. The summed E-state index contributed by atoms with van der Waals surface area (Å²) in [6, 6.07) is 13.0. The maximum atomic E-state index is 12.3. The number of carbonyl (C=O) groups is 1. The van der Waals surface area contributed by atoms with Gasteiger partial charge in [0, 0.05) is 20.5 Å². The Balaban J connectivity index is 1.48. The summed E-state index contributed by atoms with van der Waals surface area (Å²) in [5.74, 6) is 2.63. The van der Waals surface area contributed by atoms with Crippen molar-refractivity contribution >= 4 is 5.91 Å². The van der Waals surface area contributed by atoms with E-state index in [0.29, 0.717) is 12.3 Å². The van der Waals surface area contributed by atoms with Crippen molar-refractivity contribution in [1.82, 2.24) is 9.80 Å². The summed E-state index contributed by atoms with van der Waals surface area (Å²) in [4.78, 5) is 16.6. The smallest absolute Gasteiger partial charge is 0.222 e. The first-order chi connectivity index (χ1) is 13.0. The molecule has 144 valence electrons. The van der Waals surface area contributed by atoms with Gasteiger partial charge in [0.25, 0.3) is 0 Å². The molecular formula is C23H30N2O2. The van der Waals surface area contributed by atoms with E-state index in [9.17, 15) is 4.79 Å². The number of amides is 1. The van der Waals surface area contributed by atoms with E-state index >= 15 is 0 Å². The fourth-order valence-electron chi connectivity index (χ4n) is 5.01. The van der Waals surface area contributed by atoms with Crippen LogP contribution in [0.1, 0.15) is 54.2 Å². The molecule has 1 spiro atoms. The Morgan fingerprint density at radius 2 is 1.93 bits per heavy atom. The van der Waals surface area contributed by atoms with Crippen molar-refractivity contribution < 1.29 is 9.21 Å². The van der Waals surface area contributed by atoms with Crippen molar-refractivity contribution in [2.24, 2.45) is 0 Å². The molecule has 0 N–H and O–H groups in total. The number of piperidine rings is 1. The second-order valence-corrected chi connectivity index (χ2v) is 8.55. The Bertz CT molecular complexity index is 815. The van der Waals surface area contributed by atoms with Gasteiger partial charge in [-0.1, -0.05) is 24.3 Å². The van der Waals surface area contributed by atoms with Crippen LogP contribution in [0.4, 0.5) is 0 Å². The molecule has 1 atom stereocenters. The molecule has 1 aromatic carbocycles. The molecule has 0 saturated carbocycles. The number of aryl methyl sites for hydroxylation is 1. The van der Waals surface area contributed by atoms with Gasteiger partial charge in [-0.3, -0.25) is 9.69 Å². The number of hydrogen-bond donors (Lipinski definition) is 0. The SMILES string of the molecule is Cc1ccc(CN2CCC3(CC2)CC(CC(=O)N(C)C)c2ccccc23)o1. The number of nitrogens with zero attached hydrogens (tertiary/aromatic N) is 2. The highest BCUT2D eigenvalue weighted by molar-refractivity contribution is 5.77. The second kappa shape index (κ2) is 7.16. The van der Waals surface area contributed by atoms with Crippen molar-refractivity contribution in [2.75, 3.05) is 27.2 Å². The third kappa shape index (κ3) is 3.55. The lowest BCUT2D eigenvalue weighted by atomic mass is 9.73. The highest BCUT2D eigenvalue weighted by atomic mass is 16.3. The van der Waals surface area contributed by atoms with Crippen LogP contribution in [-0.2, 0) is 16.8 Å². The zero-order valence-corrected chi connectivity index (χ0v) is 16.7. The minimum atomic E-state index is 0.234. The molecule has 4 rings (SSSR count). The monoisotopic (exact) mass is 366 g/mol. The van der Waals surface area contributed by atoms with Gasteiger partial charge in [-0.15, -0.1) is 0 Å². The summed E-state index contributed by atoms with van der Waals surface area (Å²) in [5.41, 5.74) is 3.14. The number of benzene rings is 1. The predicted octanol–water partition coefficient (Wildman–Crippen LogP) is 4.09. The number of rotatable bonds is 4. The average molecular weight is 367 g/mol. The van der Waals surface area contributed by atoms with Crippen molar-refractivity contribution in [3.8, 4) is 0 Å². The third-order valence-electron chi connectivity index (χ3n) is 6.52. The van der Waals surface area contributed by atoms with E-state index in [-0.39, 0.29) is 11.3 Å². The van der Waals surface area contributed by atoms with E-state index in [4.69, 9.17) is 4.42 Å². The van der Waals surface area contributed by atoms with Crippen LogP contribution in [0.2, 0.25) is 0 Å². The summed E-state index contributed by atoms with van der Waals surface area (Å²) in [6.07, 6.45) is 4.06. The highest BCUT2D eigenvalue weighted by Gasteiger charge is 2.45. The zero-order valence-electron chi connectivity index (χ0n) is 16.7. The van der Waals surface area contributed by atoms with E-state index in [2.05, 4.69) is 35.2 Å². The first kappa shape index (κ1) is 18.3. The molecule has 1 fully saturated rings. The maximum Gasteiger partial charge on any atom is 0.222 e. The van der Waals surface area contributed by atoms with Gasteiger partial charge >= 0.3 is 0 Å². The topological polar surface area (TPSA) is 36.7 Å². The molecular weight excluding hydrogens is 336 g/mol. The number of hydrogen-bond acceptors (Lipinski definition) is 3. The van der Waals surface area contributed by atoms with E-state index < -0.39 is 0 Å². The second-order valence-electron chi connectivity index (χ2n) is 8.55. The lowest BCUT2D eigenvalue weighted by Crippen LogP contribution is -2.41. The number of carbonyl (C=O) groups excluding carboxylic acids is 1. The first-order valence-electron chi connectivity index (χ1n) is 10.0. The molecule has 27 heavy (non-hydrogen) atoms. The largest absolute Gasteiger partial charge is 0.465 e. The highest BCUT2D eigenvalue weighted by Crippen LogP contribution is 2.52. The van der Waals surface area contributed by atoms with Crippen LogP contribution in [0, 0.1) is 6.92 Å². The number of furan rings is 1. The molecule has 4 heteroatoms. The van der Waals surface area contributed by atoms with Crippen LogP contribution >= 0.6 is 0 Å². The van der Waals surface area contributed by atoms with Gasteiger partial charge in [0.2, 0.25) is 5.91 Å². The minimum Gasteiger partial charge on any atom is -0.465 e. The lowest BCUT2D eigenvalue weighted by Gasteiger charge is -2.40. The van der Waals surface area contributed by atoms with Crippen LogP contribution in [-0.4, -0.2) is 42.9 Å². The molecule has 1 aliphatic heterocycles. The molecule has 1 saturated heterocycles. The summed E-state index contributed by atoms with van der Waals surface area (Å²) < 4.78 is 5.76. The van der Waals surface area contributed by atoms with E-state index in [1.54, 1.807) is 4.90 Å². The van der Waals surface area contributed by atoms with E-state index in [0.717, 1.165) is 50.4 Å². The van der Waals surface area contributed by atoms with Crippen LogP contribution in [0.25, 0.3) is 0 Å². The molecule has 1 aromatic heterocycles. The zero-order chi connectivity index (χ0) is 19.0. The van der Waals surface area contributed by atoms with Gasteiger partial charge in [0.05, 0.1) is 6.54 Å². The quantitative estimate of drug-likeness (QED) is 0.818. The molecule has 2 heterocycles. The Kier molecular flexibility index (Phi) is 4.85. The Labute approximate surface area is 162 Å². The van der Waals surface area contributed by atoms with Crippen LogP contribution < -0.4 is 0 Å². The summed E-state index contributed by atoms with van der Waals surface area (Å²) in [7, 11) is 3.71. The number of likely N-dealkylation sites (tertiary alicyclic amines) is 1. The fraction of sp³-hybridized carbons (Fsp3) is 0.522. The fourth-order valence-corrected chi connectivity index (χ4v) is 5.01. The summed E-state index contributed by atoms with van der Waals surface area (Å²) in [5, 5.41) is 0. The van der Waals surface area contributed by atoms with Crippen molar-refractivity contribution in [3.63, 3.8) is 0 Å². The maximum absolute atomic E-state index is 12.3. The Morgan fingerprint density at radius 1 is 1.19 bits per heavy atom. The normalized spacial score (nSPS) is 21.4. The van der Waals surface area contributed by atoms with Crippen molar-refractivity contribution in [3.05, 3.63) is 59.0 Å². The molecule has 1 unspecified atom stereocenters. The molecule has 0 bridgehead atoms. The molecule has 0 radical (unpaired) electrons. The predicted molar refractivity (Wildman–Crippen MR) is 107 cm³/mol. The van der Waals surface area contributed by atoms with Crippen molar-refractivity contribution in [2.45, 2.75) is 50.5 Å². The molecule has 2 aliphatic rings. The molecule has 2 aromatic rings. The average Bonchev–Trinajstić information content (AvgIpc) is 3.19. The minimum absolute atomic E-state index is 0.234. The van der Waals surface area contributed by atoms with E-state index in [1.165, 1.54) is 11.1 Å². The van der Waals surface area contributed by atoms with E-state index in [1.807, 2.05) is 27.1 Å².